The topological polar surface area (TPSA) is 183 Å². The van der Waals surface area contributed by atoms with Gasteiger partial charge in [-0.2, -0.15) is 0 Å². The van der Waals surface area contributed by atoms with E-state index < -0.39 is 39.7 Å². The third-order valence-corrected chi connectivity index (χ3v) is 14.5. The van der Waals surface area contributed by atoms with Gasteiger partial charge in [0.05, 0.1) is 32.7 Å². The summed E-state index contributed by atoms with van der Waals surface area (Å²) < 4.78 is 32.1. The van der Waals surface area contributed by atoms with E-state index in [1.54, 1.807) is 12.1 Å². The number of unbranched alkanes of at least 4 members (excludes halogenated alkanes) is 4. The number of aryl methyl sites for hydroxylation is 4. The molecule has 1 aromatic heterocycles. The molecule has 3 aliphatic heterocycles. The number of fused-ring (bicyclic) bond motifs is 2. The van der Waals surface area contributed by atoms with Crippen LogP contribution in [0.4, 0.5) is 11.4 Å². The maximum absolute atomic E-state index is 13.5. The van der Waals surface area contributed by atoms with E-state index in [-0.39, 0.29) is 29.9 Å². The quantitative estimate of drug-likeness (QED) is 0.0693. The highest BCUT2D eigenvalue weighted by molar-refractivity contribution is 7.92. The van der Waals surface area contributed by atoms with Crippen LogP contribution in [0.25, 0.3) is 11.0 Å². The minimum Gasteiger partial charge on any atom is -0.369 e. The van der Waals surface area contributed by atoms with Crippen LogP contribution in [0.15, 0.2) is 83.8 Å². The Morgan fingerprint density at radius 2 is 1.52 bits per heavy atom. The van der Waals surface area contributed by atoms with Crippen LogP contribution in [-0.4, -0.2) is 103 Å². The van der Waals surface area contributed by atoms with Crippen LogP contribution in [-0.2, 0) is 37.4 Å². The summed E-state index contributed by atoms with van der Waals surface area (Å²) >= 11 is 0. The molecule has 346 valence electrons. The van der Waals surface area contributed by atoms with Crippen molar-refractivity contribution in [2.24, 2.45) is 0 Å². The average Bonchev–Trinajstić information content (AvgIpc) is 3.74. The first-order valence-corrected chi connectivity index (χ1v) is 24.5. The highest BCUT2D eigenvalue weighted by Gasteiger charge is 2.45. The summed E-state index contributed by atoms with van der Waals surface area (Å²) in [6.07, 6.45) is 6.31. The number of piperazine rings is 1. The molecule has 0 spiro atoms. The molecule has 3 aliphatic rings. The van der Waals surface area contributed by atoms with Crippen molar-refractivity contribution in [1.29, 1.82) is 0 Å². The molecule has 2 saturated heterocycles. The second kappa shape index (κ2) is 20.0. The van der Waals surface area contributed by atoms with Crippen LogP contribution in [0.3, 0.4) is 0 Å². The molecule has 4 aromatic carbocycles. The molecule has 5 aromatic rings. The van der Waals surface area contributed by atoms with Gasteiger partial charge in [0.2, 0.25) is 17.7 Å². The normalized spacial score (nSPS) is 16.8. The number of rotatable bonds is 18. The number of benzene rings is 4. The molecule has 66 heavy (non-hydrogen) atoms. The predicted molar refractivity (Wildman–Crippen MR) is 253 cm³/mol. The summed E-state index contributed by atoms with van der Waals surface area (Å²) in [7, 11) is -3.81. The number of amides is 5. The number of carbonyl (C=O) groups excluding carboxylic acids is 5. The van der Waals surface area contributed by atoms with E-state index in [4.69, 9.17) is 4.98 Å². The maximum atomic E-state index is 13.5. The van der Waals surface area contributed by atoms with Crippen LogP contribution < -0.4 is 20.3 Å². The smallest absolute Gasteiger partial charge is 0.262 e. The molecule has 3 N–H and O–H groups in total. The third-order valence-electron chi connectivity index (χ3n) is 12.9. The summed E-state index contributed by atoms with van der Waals surface area (Å²) in [6, 6.07) is 23.8. The van der Waals surface area contributed by atoms with Crippen molar-refractivity contribution in [3.8, 4) is 0 Å². The van der Waals surface area contributed by atoms with Crippen LogP contribution in [0.1, 0.15) is 100 Å². The van der Waals surface area contributed by atoms with Gasteiger partial charge in [-0.1, -0.05) is 67.3 Å². The zero-order chi connectivity index (χ0) is 46.5. The Kier molecular flexibility index (Phi) is 14.0. The highest BCUT2D eigenvalue weighted by Crippen LogP contribution is 2.32. The minimum absolute atomic E-state index is 0.0356. The van der Waals surface area contributed by atoms with Crippen molar-refractivity contribution < 1.29 is 32.4 Å². The second-order valence-corrected chi connectivity index (χ2v) is 19.4. The Balaban J connectivity index is 0.753. The zero-order valence-electron chi connectivity index (χ0n) is 37.9. The Morgan fingerprint density at radius 1 is 0.803 bits per heavy atom. The van der Waals surface area contributed by atoms with Gasteiger partial charge in [-0.25, -0.2) is 13.4 Å². The van der Waals surface area contributed by atoms with Gasteiger partial charge in [-0.3, -0.25) is 43.8 Å². The van der Waals surface area contributed by atoms with Crippen molar-refractivity contribution in [1.82, 2.24) is 30.0 Å². The number of imide groups is 2. The number of aromatic nitrogens is 2. The Bertz CT molecular complexity index is 2760. The summed E-state index contributed by atoms with van der Waals surface area (Å²) in [6.45, 7) is 10.4. The van der Waals surface area contributed by atoms with Gasteiger partial charge < -0.3 is 14.8 Å². The number of hydrogen-bond donors (Lipinski definition) is 3. The predicted octanol–water partition coefficient (Wildman–Crippen LogP) is 6.03. The average molecular weight is 915 g/mol. The fraction of sp³-hybridized carbons (Fsp3) is 0.400. The first-order valence-electron chi connectivity index (χ1n) is 23.0. The molecule has 0 saturated carbocycles. The number of nitrogens with one attached hydrogen (secondary N) is 3. The fourth-order valence-electron chi connectivity index (χ4n) is 9.57. The van der Waals surface area contributed by atoms with Crippen LogP contribution in [0.2, 0.25) is 0 Å². The molecule has 16 heteroatoms. The molecular weight excluding hydrogens is 857 g/mol. The van der Waals surface area contributed by atoms with Crippen LogP contribution >= 0.6 is 0 Å². The van der Waals surface area contributed by atoms with Crippen LogP contribution in [0, 0.1) is 20.8 Å². The molecule has 4 heterocycles. The van der Waals surface area contributed by atoms with Crippen LogP contribution in [0.5, 0.6) is 0 Å². The molecule has 5 amide bonds. The number of imidazole rings is 1. The first-order chi connectivity index (χ1) is 31.8. The van der Waals surface area contributed by atoms with E-state index in [1.807, 2.05) is 75.4 Å². The summed E-state index contributed by atoms with van der Waals surface area (Å²) in [5.41, 5.74) is 7.12. The summed E-state index contributed by atoms with van der Waals surface area (Å²) in [5.74, 6) is -1.07. The minimum atomic E-state index is -3.81. The fourth-order valence-corrected chi connectivity index (χ4v) is 11.1. The third kappa shape index (κ3) is 10.3. The molecule has 8 rings (SSSR count). The number of nitrogens with zero attached hydrogens (tertiary/aromatic N) is 5. The van der Waals surface area contributed by atoms with Crippen molar-refractivity contribution >= 4 is 62.0 Å². The molecule has 15 nitrogen and oxygen atoms in total. The van der Waals surface area contributed by atoms with E-state index in [2.05, 4.69) is 41.9 Å². The maximum Gasteiger partial charge on any atom is 0.262 e. The van der Waals surface area contributed by atoms with E-state index >= 15 is 0 Å². The van der Waals surface area contributed by atoms with Gasteiger partial charge in [0.15, 0.2) is 0 Å². The second-order valence-electron chi connectivity index (χ2n) is 17.8. The van der Waals surface area contributed by atoms with Gasteiger partial charge >= 0.3 is 0 Å². The molecule has 2 fully saturated rings. The first kappa shape index (κ1) is 46.2. The summed E-state index contributed by atoms with van der Waals surface area (Å²) in [4.78, 5) is 73.9. The number of anilines is 2. The number of carbonyl (C=O) groups is 5. The SMILES string of the molecule is Cc1cc(C)c(S(=O)(=O)Nc2ccc3c(c2)nc(CCCCCCCNC(=O)CCN2CCN(c4ccc5c(c4)C(=O)N(C4CCC(=O)NC4=O)C5=O)CC2)n3Cc2ccccc2)c(C)c1. The lowest BCUT2D eigenvalue weighted by Gasteiger charge is -2.36. The number of sulfonamides is 1. The van der Waals surface area contributed by atoms with Gasteiger partial charge in [0.1, 0.15) is 11.9 Å². The molecule has 1 atom stereocenters. The Labute approximate surface area is 386 Å². The zero-order valence-corrected chi connectivity index (χ0v) is 38.7. The Morgan fingerprint density at radius 3 is 2.26 bits per heavy atom. The molecule has 0 aliphatic carbocycles. The Hall–Kier alpha value is -6.39. The summed E-state index contributed by atoms with van der Waals surface area (Å²) in [5, 5.41) is 5.31. The monoisotopic (exact) mass is 914 g/mol. The van der Waals surface area contributed by atoms with Crippen molar-refractivity contribution in [2.75, 3.05) is 48.9 Å². The van der Waals surface area contributed by atoms with Crippen molar-refractivity contribution in [3.63, 3.8) is 0 Å². The van der Waals surface area contributed by atoms with Gasteiger partial charge in [-0.05, 0) is 93.1 Å². The lowest BCUT2D eigenvalue weighted by atomic mass is 10.0. The van der Waals surface area contributed by atoms with Crippen molar-refractivity contribution in [3.05, 3.63) is 118 Å². The van der Waals surface area contributed by atoms with Gasteiger partial charge in [-0.15, -0.1) is 0 Å². The van der Waals surface area contributed by atoms with Crippen molar-refractivity contribution in [2.45, 2.75) is 96.0 Å². The van der Waals surface area contributed by atoms with Gasteiger partial charge in [0, 0.05) is 70.8 Å². The van der Waals surface area contributed by atoms with E-state index in [0.29, 0.717) is 60.9 Å². The molecule has 1 unspecified atom stereocenters. The lowest BCUT2D eigenvalue weighted by molar-refractivity contribution is -0.136. The lowest BCUT2D eigenvalue weighted by Crippen LogP contribution is -2.54. The highest BCUT2D eigenvalue weighted by atomic mass is 32.2. The van der Waals surface area contributed by atoms with E-state index in [9.17, 15) is 32.4 Å². The van der Waals surface area contributed by atoms with E-state index in [1.165, 1.54) is 0 Å². The van der Waals surface area contributed by atoms with E-state index in [0.717, 1.165) is 90.2 Å². The van der Waals surface area contributed by atoms with Gasteiger partial charge in [0.25, 0.3) is 21.8 Å². The standard InChI is InChI=1S/C50H58N8O7S/c1-33-28-34(2)47(35(3)29-33)66(64,65)54-37-15-18-42-41(30-37)52-44(57(42)32-36-12-8-7-9-13-36)14-10-5-4-6-11-22-51-45(59)21-23-55-24-26-56(27-25-55)38-16-17-39-40(31-38)50(63)58(49(39)62)43-19-20-46(60)53-48(43)61/h7-9,12-13,15-18,28-31,43,54H,4-6,10-11,14,19-27,32H2,1-3H3,(H,51,59)(H,53,60,61). The number of piperidine rings is 1. The molecule has 0 bridgehead atoms. The largest absolute Gasteiger partial charge is 0.369 e. The molecular formula is C50H58N8O7S. The number of hydrogen-bond acceptors (Lipinski definition) is 10. The molecule has 0 radical (unpaired) electrons.